The van der Waals surface area contributed by atoms with Crippen LogP contribution in [0, 0.1) is 17.8 Å². The Morgan fingerprint density at radius 2 is 1.63 bits per heavy atom. The predicted octanol–water partition coefficient (Wildman–Crippen LogP) is 2.89. The lowest BCUT2D eigenvalue weighted by Gasteiger charge is -2.39. The van der Waals surface area contributed by atoms with Crippen LogP contribution in [-0.2, 0) is 9.53 Å². The number of carbonyl (C=O) groups excluding carboxylic acids is 1. The van der Waals surface area contributed by atoms with E-state index in [4.69, 9.17) is 4.74 Å². The number of rotatable bonds is 2. The summed E-state index contributed by atoms with van der Waals surface area (Å²) in [6.07, 6.45) is 11.1. The number of fused-ring (bicyclic) bond motifs is 1. The maximum atomic E-state index is 12.4. The molecule has 3 nitrogen and oxygen atoms in total. The maximum Gasteiger partial charge on any atom is 0.223 e. The van der Waals surface area contributed by atoms with Gasteiger partial charge in [-0.05, 0) is 43.9 Å². The van der Waals surface area contributed by atoms with Crippen molar-refractivity contribution in [1.29, 1.82) is 0 Å². The summed E-state index contributed by atoms with van der Waals surface area (Å²) in [5, 5.41) is 3.27. The molecule has 0 aromatic carbocycles. The van der Waals surface area contributed by atoms with Crippen molar-refractivity contribution < 1.29 is 9.53 Å². The lowest BCUT2D eigenvalue weighted by Crippen LogP contribution is -2.44. The molecule has 1 aliphatic heterocycles. The van der Waals surface area contributed by atoms with Gasteiger partial charge >= 0.3 is 0 Å². The average molecular weight is 265 g/mol. The van der Waals surface area contributed by atoms with E-state index in [1.807, 2.05) is 0 Å². The standard InChI is InChI=1S/C16H27NO2/c18-16(17-15-7-9-19-10-8-15)14-6-5-12-3-1-2-4-13(12)11-14/h12-15H,1-11H2,(H,17,18). The molecule has 19 heavy (non-hydrogen) atoms. The van der Waals surface area contributed by atoms with Gasteiger partial charge in [-0.3, -0.25) is 4.79 Å². The number of hydrogen-bond donors (Lipinski definition) is 1. The summed E-state index contributed by atoms with van der Waals surface area (Å²) in [5.41, 5.74) is 0. The van der Waals surface area contributed by atoms with Crippen LogP contribution in [0.3, 0.4) is 0 Å². The Bertz CT molecular complexity index is 312. The van der Waals surface area contributed by atoms with Gasteiger partial charge in [0.15, 0.2) is 0 Å². The highest BCUT2D eigenvalue weighted by molar-refractivity contribution is 5.79. The smallest absolute Gasteiger partial charge is 0.223 e. The Kier molecular flexibility index (Phi) is 4.42. The topological polar surface area (TPSA) is 38.3 Å². The van der Waals surface area contributed by atoms with Crippen LogP contribution in [0.1, 0.15) is 57.8 Å². The second-order valence-electron chi connectivity index (χ2n) is 6.71. The fourth-order valence-electron chi connectivity index (χ4n) is 4.27. The van der Waals surface area contributed by atoms with Gasteiger partial charge in [-0.25, -0.2) is 0 Å². The number of amides is 1. The lowest BCUT2D eigenvalue weighted by molar-refractivity contribution is -0.128. The Morgan fingerprint density at radius 1 is 0.895 bits per heavy atom. The first-order chi connectivity index (χ1) is 9.33. The van der Waals surface area contributed by atoms with Gasteiger partial charge in [0.2, 0.25) is 5.91 Å². The van der Waals surface area contributed by atoms with Crippen molar-refractivity contribution in [3.05, 3.63) is 0 Å². The largest absolute Gasteiger partial charge is 0.381 e. The summed E-state index contributed by atoms with van der Waals surface area (Å²) in [6.45, 7) is 1.61. The van der Waals surface area contributed by atoms with Gasteiger partial charge < -0.3 is 10.1 Å². The molecule has 3 aliphatic rings. The predicted molar refractivity (Wildman–Crippen MR) is 74.8 cm³/mol. The SMILES string of the molecule is O=C(NC1CCOCC1)C1CCC2CCCCC2C1. The molecule has 2 saturated carbocycles. The molecule has 0 radical (unpaired) electrons. The first-order valence-electron chi connectivity index (χ1n) is 8.21. The molecule has 3 unspecified atom stereocenters. The zero-order chi connectivity index (χ0) is 13.1. The van der Waals surface area contributed by atoms with E-state index in [-0.39, 0.29) is 0 Å². The number of hydrogen-bond acceptors (Lipinski definition) is 2. The number of carbonyl (C=O) groups is 1. The van der Waals surface area contributed by atoms with Crippen LogP contribution >= 0.6 is 0 Å². The first kappa shape index (κ1) is 13.4. The van der Waals surface area contributed by atoms with E-state index in [1.165, 1.54) is 32.1 Å². The molecular formula is C16H27NO2. The second-order valence-corrected chi connectivity index (χ2v) is 6.71. The lowest BCUT2D eigenvalue weighted by atomic mass is 9.67. The molecule has 3 heteroatoms. The van der Waals surface area contributed by atoms with Crippen LogP contribution < -0.4 is 5.32 Å². The first-order valence-corrected chi connectivity index (χ1v) is 8.21. The molecule has 1 saturated heterocycles. The van der Waals surface area contributed by atoms with Crippen molar-refractivity contribution in [3.8, 4) is 0 Å². The zero-order valence-electron chi connectivity index (χ0n) is 11.9. The monoisotopic (exact) mass is 265 g/mol. The van der Waals surface area contributed by atoms with Gasteiger partial charge in [0, 0.05) is 25.2 Å². The second kappa shape index (κ2) is 6.25. The van der Waals surface area contributed by atoms with Crippen LogP contribution in [0.4, 0.5) is 0 Å². The van der Waals surface area contributed by atoms with E-state index in [2.05, 4.69) is 5.32 Å². The summed E-state index contributed by atoms with van der Waals surface area (Å²) in [5.74, 6) is 2.40. The maximum absolute atomic E-state index is 12.4. The van der Waals surface area contributed by atoms with Gasteiger partial charge in [-0.1, -0.05) is 25.7 Å². The quantitative estimate of drug-likeness (QED) is 0.833. The molecule has 0 aromatic heterocycles. The van der Waals surface area contributed by atoms with E-state index < -0.39 is 0 Å². The van der Waals surface area contributed by atoms with E-state index in [0.29, 0.717) is 17.9 Å². The van der Waals surface area contributed by atoms with Crippen molar-refractivity contribution in [2.75, 3.05) is 13.2 Å². The molecule has 1 heterocycles. The van der Waals surface area contributed by atoms with E-state index in [9.17, 15) is 4.79 Å². The fraction of sp³-hybridized carbons (Fsp3) is 0.938. The van der Waals surface area contributed by atoms with E-state index >= 15 is 0 Å². The van der Waals surface area contributed by atoms with E-state index in [1.54, 1.807) is 0 Å². The van der Waals surface area contributed by atoms with Crippen molar-refractivity contribution >= 4 is 5.91 Å². The molecular weight excluding hydrogens is 238 g/mol. The van der Waals surface area contributed by atoms with Crippen LogP contribution in [0.15, 0.2) is 0 Å². The minimum absolute atomic E-state index is 0.294. The number of ether oxygens (including phenoxy) is 1. The van der Waals surface area contributed by atoms with Gasteiger partial charge in [0.1, 0.15) is 0 Å². The molecule has 3 atom stereocenters. The third-order valence-electron chi connectivity index (χ3n) is 5.48. The van der Waals surface area contributed by atoms with E-state index in [0.717, 1.165) is 50.7 Å². The highest BCUT2D eigenvalue weighted by atomic mass is 16.5. The van der Waals surface area contributed by atoms with Crippen molar-refractivity contribution in [2.24, 2.45) is 17.8 Å². The minimum Gasteiger partial charge on any atom is -0.381 e. The minimum atomic E-state index is 0.294. The average Bonchev–Trinajstić information content (AvgIpc) is 2.48. The van der Waals surface area contributed by atoms with Gasteiger partial charge in [0.25, 0.3) is 0 Å². The van der Waals surface area contributed by atoms with Crippen LogP contribution in [0.2, 0.25) is 0 Å². The molecule has 1 N–H and O–H groups in total. The molecule has 2 aliphatic carbocycles. The Morgan fingerprint density at radius 3 is 2.42 bits per heavy atom. The summed E-state index contributed by atoms with van der Waals surface area (Å²) >= 11 is 0. The third kappa shape index (κ3) is 3.31. The van der Waals surface area contributed by atoms with Gasteiger partial charge in [0.05, 0.1) is 0 Å². The highest BCUT2D eigenvalue weighted by Crippen LogP contribution is 2.42. The summed E-state index contributed by atoms with van der Waals surface area (Å²) in [6, 6.07) is 0.366. The summed E-state index contributed by atoms with van der Waals surface area (Å²) in [7, 11) is 0. The summed E-state index contributed by atoms with van der Waals surface area (Å²) in [4.78, 5) is 12.4. The van der Waals surface area contributed by atoms with Crippen LogP contribution in [-0.4, -0.2) is 25.2 Å². The van der Waals surface area contributed by atoms with Crippen molar-refractivity contribution in [2.45, 2.75) is 63.8 Å². The fourth-order valence-corrected chi connectivity index (χ4v) is 4.27. The van der Waals surface area contributed by atoms with Gasteiger partial charge in [-0.2, -0.15) is 0 Å². The summed E-state index contributed by atoms with van der Waals surface area (Å²) < 4.78 is 5.35. The number of nitrogens with one attached hydrogen (secondary N) is 1. The Hall–Kier alpha value is -0.570. The molecule has 3 rings (SSSR count). The molecule has 3 fully saturated rings. The normalized spacial score (nSPS) is 36.5. The zero-order valence-corrected chi connectivity index (χ0v) is 11.9. The van der Waals surface area contributed by atoms with Crippen molar-refractivity contribution in [3.63, 3.8) is 0 Å². The molecule has 108 valence electrons. The van der Waals surface area contributed by atoms with Crippen LogP contribution in [0.5, 0.6) is 0 Å². The van der Waals surface area contributed by atoms with Crippen molar-refractivity contribution in [1.82, 2.24) is 5.32 Å². The molecule has 1 amide bonds. The third-order valence-corrected chi connectivity index (χ3v) is 5.48. The Balaban J connectivity index is 1.49. The molecule has 0 bridgehead atoms. The molecule has 0 aromatic rings. The van der Waals surface area contributed by atoms with Gasteiger partial charge in [-0.15, -0.1) is 0 Å². The highest BCUT2D eigenvalue weighted by Gasteiger charge is 2.35. The Labute approximate surface area is 116 Å². The van der Waals surface area contributed by atoms with Crippen LogP contribution in [0.25, 0.3) is 0 Å². The molecule has 0 spiro atoms.